The highest BCUT2D eigenvalue weighted by molar-refractivity contribution is 6.40. The van der Waals surface area contributed by atoms with Gasteiger partial charge in [0.05, 0.1) is 98.6 Å². The summed E-state index contributed by atoms with van der Waals surface area (Å²) in [6.07, 6.45) is 33.1. The van der Waals surface area contributed by atoms with E-state index in [-0.39, 0.29) is 82.2 Å². The molecule has 0 bridgehead atoms. The van der Waals surface area contributed by atoms with E-state index in [9.17, 15) is 48.3 Å². The lowest BCUT2D eigenvalue weighted by Crippen LogP contribution is -2.58. The minimum absolute atomic E-state index is 0.0252. The standard InChI is InChI=1S/C22H34O5.C22H34O4.C21H32O4.C16H26O.C7H10O4.CH2Cl2/c1-20(2)10-6-11-21(3)16(20)9-12-22(14-27-22)17(21)8-7-15(19(24)26-5)13-18(23)25-4;1-15-8-11-18-21(2,3)12-7-13-22(18,4)17(15)10-9-16(20(24)26-6)14-19(23)25-5;1-19(2)9-5-10-20(3)15(19)8-11-21(13-22)16(20)7-6-14(12-17(21)23)18(24)25-4;1-12-6-7-14-15(2,3)9-5-10-16(14,4)13(12)8-11-17;1-5(7(9)11-3)4-6(8)10-2;2-1-3/h7,16-17H,6,8-14H2,1-5H3;9,17-18H,1,7-8,10-14H2,2-6H3;6,15-16,22H,5,7-13H2,1-4H3;11,13-14H,1,5-10H2,2-4H3;1,4H2,2-3H3;1H2/b15-7+;16-9+;;;;/t16?,17-,21+,22?;17-,18?,22+;15?,16-,20+,21+;13-,14?,16+;;/m1010../s1. The Kier molecular flexibility index (Phi) is 34.2. The number of aliphatic hydroxyl groups is 1. The minimum atomic E-state index is -0.703. The van der Waals surface area contributed by atoms with Crippen molar-refractivity contribution in [3.8, 4) is 0 Å². The molecule has 1 spiro atoms. The van der Waals surface area contributed by atoms with Crippen LogP contribution in [-0.2, 0) is 81.0 Å². The third kappa shape index (κ3) is 21.7. The Morgan fingerprint density at radius 2 is 0.890 bits per heavy atom. The van der Waals surface area contributed by atoms with Gasteiger partial charge in [-0.25, -0.2) is 19.2 Å². The van der Waals surface area contributed by atoms with Crippen molar-refractivity contribution < 1.29 is 86.2 Å². The lowest BCUT2D eigenvalue weighted by molar-refractivity contribution is -0.166. The molecule has 9 fully saturated rings. The van der Waals surface area contributed by atoms with Crippen LogP contribution in [0, 0.1) is 96.1 Å². The van der Waals surface area contributed by atoms with E-state index >= 15 is 0 Å². The summed E-state index contributed by atoms with van der Waals surface area (Å²) in [7, 11) is 9.18. The van der Waals surface area contributed by atoms with Crippen LogP contribution in [0.25, 0.3) is 0 Å². The van der Waals surface area contributed by atoms with E-state index in [4.69, 9.17) is 51.6 Å². The molecule has 8 saturated carbocycles. The maximum absolute atomic E-state index is 13.2. The van der Waals surface area contributed by atoms with E-state index in [1.165, 1.54) is 151 Å². The van der Waals surface area contributed by atoms with Gasteiger partial charge in [0.25, 0.3) is 0 Å². The van der Waals surface area contributed by atoms with Gasteiger partial charge in [-0.2, -0.15) is 0 Å². The average Bonchev–Trinajstić information content (AvgIpc) is 1.68. The molecule has 0 aromatic rings. The third-order valence-corrected chi connectivity index (χ3v) is 29.2. The molecule has 9 aliphatic carbocycles. The molecule has 1 saturated heterocycles. The Balaban J connectivity index is 0.000000248. The zero-order valence-electron chi connectivity index (χ0n) is 70.1. The summed E-state index contributed by atoms with van der Waals surface area (Å²) in [6, 6.07) is 0. The largest absolute Gasteiger partial charge is 0.469 e. The molecule has 1 N–H and O–H groups in total. The van der Waals surface area contributed by atoms with Crippen LogP contribution in [0.4, 0.5) is 0 Å². The number of rotatable bonds is 17. The van der Waals surface area contributed by atoms with E-state index in [0.717, 1.165) is 70.2 Å². The van der Waals surface area contributed by atoms with Crippen molar-refractivity contribution in [2.45, 2.75) is 268 Å². The van der Waals surface area contributed by atoms with Crippen LogP contribution in [0.1, 0.15) is 263 Å². The smallest absolute Gasteiger partial charge is 0.333 e. The number of aliphatic hydroxyl groups excluding tert-OH is 1. The van der Waals surface area contributed by atoms with Crippen LogP contribution in [-0.4, -0.2) is 133 Å². The molecule has 10 aliphatic rings. The maximum atomic E-state index is 13.2. The molecule has 10 rings (SSSR count). The van der Waals surface area contributed by atoms with Gasteiger partial charge in [-0.3, -0.25) is 19.2 Å². The van der Waals surface area contributed by atoms with Crippen LogP contribution in [0.15, 0.2) is 71.4 Å². The second-order valence-electron chi connectivity index (χ2n) is 36.8. The SMILES string of the molecule is C=C(CC(=O)OC)C(=O)OC.C=C1CCC2C(C)(C)CCC[C@]2(C)[C@H]1C/C=C(\CC(=O)OC)C(=O)OC.C=C1CCC2C(C)(C)CCC[C@]2(C)[C@H]1CC=O.COC(=O)C/C(=C\C[C@H]1C2(CCC3C(C)(C)CCC[C@@]31C)CO2)C(=O)OC.COC(=O)C1=CC[C@H]2[C@@](CO)(CCC3C(C)(C)CCC[C@@]32C)C(=O)C1.ClCCl. The van der Waals surface area contributed by atoms with Gasteiger partial charge >= 0.3 is 41.8 Å². The van der Waals surface area contributed by atoms with Crippen molar-refractivity contribution in [1.82, 2.24) is 0 Å². The molecule has 5 unspecified atom stereocenters. The van der Waals surface area contributed by atoms with Gasteiger partial charge < -0.3 is 47.8 Å². The monoisotopic (exact) mass is 1560 g/mol. The number of Topliss-reactive ketones (excluding diaryl/α,β-unsaturated/α-hetero) is 1. The Morgan fingerprint density at radius 1 is 0.505 bits per heavy atom. The molecule has 0 aromatic heterocycles. The number of carbonyl (C=O) groups excluding carboxylic acids is 9. The number of methoxy groups -OCH3 is 7. The number of esters is 7. The second kappa shape index (κ2) is 39.5. The zero-order valence-corrected chi connectivity index (χ0v) is 71.6. The summed E-state index contributed by atoms with van der Waals surface area (Å²) >= 11 is 9.53. The molecule has 18 nitrogen and oxygen atoms in total. The van der Waals surface area contributed by atoms with Crippen LogP contribution in [0.3, 0.4) is 0 Å². The Labute approximate surface area is 663 Å². The van der Waals surface area contributed by atoms with E-state index in [1.54, 1.807) is 0 Å². The number of allylic oxidation sites excluding steroid dienone is 5. The molecule has 109 heavy (non-hydrogen) atoms. The third-order valence-electron chi connectivity index (χ3n) is 29.2. The number of hydrogen-bond donors (Lipinski definition) is 1. The number of ketones is 1. The molecule has 1 aliphatic heterocycles. The predicted octanol–water partition coefficient (Wildman–Crippen LogP) is 18.6. The highest BCUT2D eigenvalue weighted by Gasteiger charge is 2.66. The number of epoxide rings is 1. The summed E-state index contributed by atoms with van der Waals surface area (Å²) in [6.45, 7) is 41.4. The molecular formula is C89H138Cl2O18. The molecule has 1 heterocycles. The number of ether oxygens (including phenoxy) is 8. The van der Waals surface area contributed by atoms with E-state index < -0.39 is 47.2 Å². The first-order chi connectivity index (χ1) is 51.0. The second-order valence-corrected chi connectivity index (χ2v) is 37.6. The fourth-order valence-corrected chi connectivity index (χ4v) is 23.6. The molecule has 14 atom stereocenters. The van der Waals surface area contributed by atoms with E-state index in [0.29, 0.717) is 86.7 Å². The fourth-order valence-electron chi connectivity index (χ4n) is 23.6. The molecule has 0 amide bonds. The molecule has 20 heteroatoms. The first-order valence-corrected chi connectivity index (χ1v) is 41.0. The predicted molar refractivity (Wildman–Crippen MR) is 426 cm³/mol. The highest BCUT2D eigenvalue weighted by Crippen LogP contribution is 2.69. The number of aldehydes is 1. The number of alkyl halides is 2. The molecular weight excluding hydrogens is 1430 g/mol. The van der Waals surface area contributed by atoms with Crippen molar-refractivity contribution in [2.24, 2.45) is 96.1 Å². The van der Waals surface area contributed by atoms with Gasteiger partial charge in [0.15, 0.2) is 0 Å². The van der Waals surface area contributed by atoms with Gasteiger partial charge in [0.2, 0.25) is 0 Å². The summed E-state index contributed by atoms with van der Waals surface area (Å²) < 4.78 is 38.7. The summed E-state index contributed by atoms with van der Waals surface area (Å²) in [5, 5.41) is 10.5. The summed E-state index contributed by atoms with van der Waals surface area (Å²) in [5.74, 6) is 0.633. The zero-order chi connectivity index (χ0) is 82.1. The quantitative estimate of drug-likeness (QED) is 0.0270. The van der Waals surface area contributed by atoms with Crippen LogP contribution >= 0.6 is 23.2 Å². The number of fused-ring (bicyclic) bond motifs is 6. The molecule has 0 aromatic carbocycles. The van der Waals surface area contributed by atoms with Crippen LogP contribution in [0.2, 0.25) is 0 Å². The lowest BCUT2D eigenvalue weighted by atomic mass is 9.42. The van der Waals surface area contributed by atoms with Crippen LogP contribution < -0.4 is 0 Å². The molecule has 616 valence electrons. The minimum Gasteiger partial charge on any atom is -0.469 e. The maximum Gasteiger partial charge on any atom is 0.333 e. The Morgan fingerprint density at radius 3 is 1.29 bits per heavy atom. The lowest BCUT2D eigenvalue weighted by Gasteiger charge is -2.62. The molecule has 0 radical (unpaired) electrons. The topological polar surface area (TPSA) is 251 Å². The van der Waals surface area contributed by atoms with Crippen molar-refractivity contribution in [1.29, 1.82) is 0 Å². The average molecular weight is 1570 g/mol. The summed E-state index contributed by atoms with van der Waals surface area (Å²) in [5.41, 5.74) is 5.31. The Hall–Kier alpha value is -5.43. The van der Waals surface area contributed by atoms with E-state index in [2.05, 4.69) is 112 Å². The number of carbonyl (C=O) groups is 9. The van der Waals surface area contributed by atoms with E-state index in [1.807, 2.05) is 18.2 Å². The Bertz CT molecular complexity index is 3350. The van der Waals surface area contributed by atoms with Crippen molar-refractivity contribution >= 4 is 77.1 Å². The van der Waals surface area contributed by atoms with Crippen molar-refractivity contribution in [3.05, 3.63) is 71.4 Å². The normalized spacial score (nSPS) is 33.3. The first-order valence-electron chi connectivity index (χ1n) is 40.0. The number of halogens is 2. The van der Waals surface area contributed by atoms with Gasteiger partial charge in [-0.05, 0) is 213 Å². The van der Waals surface area contributed by atoms with Crippen LogP contribution in [0.5, 0.6) is 0 Å². The van der Waals surface area contributed by atoms with Crippen molar-refractivity contribution in [3.63, 3.8) is 0 Å². The number of hydrogen-bond acceptors (Lipinski definition) is 18. The highest BCUT2D eigenvalue weighted by atomic mass is 35.5. The van der Waals surface area contributed by atoms with Crippen molar-refractivity contribution in [2.75, 3.05) is 68.3 Å². The fraction of sp³-hybridized carbons (Fsp3) is 0.764. The van der Waals surface area contributed by atoms with Gasteiger partial charge in [0.1, 0.15) is 12.1 Å². The summed E-state index contributed by atoms with van der Waals surface area (Å²) in [4.78, 5) is 105. The first kappa shape index (κ1) is 94.2. The van der Waals surface area contributed by atoms with Gasteiger partial charge in [-0.1, -0.05) is 158 Å². The van der Waals surface area contributed by atoms with Gasteiger partial charge in [0, 0.05) is 35.1 Å². The van der Waals surface area contributed by atoms with Gasteiger partial charge in [-0.15, -0.1) is 23.2 Å².